The molecule has 0 aliphatic carbocycles. The summed E-state index contributed by atoms with van der Waals surface area (Å²) in [5.74, 6) is -3.27. The minimum absolute atomic E-state index is 0.0282. The van der Waals surface area contributed by atoms with Gasteiger partial charge in [-0.25, -0.2) is 9.78 Å². The Labute approximate surface area is 210 Å². The number of aliphatic hydroxyl groups excluding tert-OH is 1. The Bertz CT molecular complexity index is 819. The molecule has 5 atom stereocenters. The number of carboxylic acid groups (broad SMARTS) is 1. The Morgan fingerprint density at radius 3 is 1.83 bits per heavy atom. The number of rotatable bonds is 18. The molecule has 14 heteroatoms. The second-order valence-corrected chi connectivity index (χ2v) is 8.64. The molecule has 0 fully saturated rings. The summed E-state index contributed by atoms with van der Waals surface area (Å²) in [6.45, 7) is 2.13. The first-order chi connectivity index (χ1) is 17.1. The van der Waals surface area contributed by atoms with Crippen LogP contribution in [0.1, 0.15) is 51.1 Å². The van der Waals surface area contributed by atoms with Gasteiger partial charge >= 0.3 is 5.97 Å². The molecule has 204 valence electrons. The van der Waals surface area contributed by atoms with Crippen molar-refractivity contribution in [2.24, 2.45) is 17.2 Å². The number of H-pyrrole nitrogens is 1. The number of hydrogen-bond acceptors (Lipinski definition) is 9. The molecule has 0 aliphatic heterocycles. The van der Waals surface area contributed by atoms with Crippen LogP contribution < -0.4 is 33.2 Å². The van der Waals surface area contributed by atoms with Crippen molar-refractivity contribution >= 4 is 23.7 Å². The monoisotopic (exact) mass is 512 g/mol. The van der Waals surface area contributed by atoms with E-state index in [4.69, 9.17) is 17.2 Å². The van der Waals surface area contributed by atoms with Crippen molar-refractivity contribution in [3.05, 3.63) is 18.2 Å². The zero-order valence-corrected chi connectivity index (χ0v) is 20.6. The molecule has 1 rings (SSSR count). The number of amides is 3. The number of nitrogens with two attached hydrogens (primary N) is 3. The van der Waals surface area contributed by atoms with Gasteiger partial charge < -0.3 is 48.3 Å². The smallest absolute Gasteiger partial charge is 0.326 e. The molecule has 1 aromatic rings. The zero-order valence-electron chi connectivity index (χ0n) is 20.6. The predicted octanol–water partition coefficient (Wildman–Crippen LogP) is -2.54. The molecule has 0 bridgehead atoms. The summed E-state index contributed by atoms with van der Waals surface area (Å²) < 4.78 is 0. The number of nitrogens with one attached hydrogen (secondary N) is 4. The number of hydrogen-bond donors (Lipinski definition) is 9. The molecule has 0 spiro atoms. The SMILES string of the molecule is CC(O)C(N)C(=O)NC(CCCCN)C(=O)NC(CCCCN)C(=O)NC(Cc1cnc[nH]1)C(=O)O. The van der Waals surface area contributed by atoms with E-state index in [1.807, 2.05) is 0 Å². The number of carbonyl (C=O) groups is 4. The van der Waals surface area contributed by atoms with Crippen molar-refractivity contribution in [2.75, 3.05) is 13.1 Å². The van der Waals surface area contributed by atoms with Crippen LogP contribution in [-0.2, 0) is 25.6 Å². The van der Waals surface area contributed by atoms with Crippen LogP contribution in [0.3, 0.4) is 0 Å². The fraction of sp³-hybridized carbons (Fsp3) is 0.682. The second-order valence-electron chi connectivity index (χ2n) is 8.64. The first-order valence-corrected chi connectivity index (χ1v) is 12.1. The fourth-order valence-corrected chi connectivity index (χ4v) is 3.37. The van der Waals surface area contributed by atoms with Crippen molar-refractivity contribution < 1.29 is 29.4 Å². The molecule has 0 saturated heterocycles. The molecule has 5 unspecified atom stereocenters. The van der Waals surface area contributed by atoms with E-state index in [0.29, 0.717) is 44.5 Å². The van der Waals surface area contributed by atoms with Crippen molar-refractivity contribution in [3.63, 3.8) is 0 Å². The van der Waals surface area contributed by atoms with Crippen molar-refractivity contribution in [2.45, 2.75) is 82.1 Å². The van der Waals surface area contributed by atoms with Crippen LogP contribution in [0.4, 0.5) is 0 Å². The summed E-state index contributed by atoms with van der Waals surface area (Å²) in [6.07, 6.45) is 4.36. The lowest BCUT2D eigenvalue weighted by Crippen LogP contribution is -2.58. The molecule has 0 radical (unpaired) electrons. The fourth-order valence-electron chi connectivity index (χ4n) is 3.37. The van der Waals surface area contributed by atoms with E-state index < -0.39 is 54.0 Å². The Hall–Kier alpha value is -3.07. The van der Waals surface area contributed by atoms with Crippen molar-refractivity contribution in [1.29, 1.82) is 0 Å². The highest BCUT2D eigenvalue weighted by Crippen LogP contribution is 2.07. The van der Waals surface area contributed by atoms with Gasteiger partial charge in [-0.1, -0.05) is 0 Å². The average Bonchev–Trinajstić information content (AvgIpc) is 3.34. The zero-order chi connectivity index (χ0) is 27.1. The van der Waals surface area contributed by atoms with Gasteiger partial charge in [0.05, 0.1) is 12.4 Å². The van der Waals surface area contributed by atoms with Crippen molar-refractivity contribution in [1.82, 2.24) is 25.9 Å². The Morgan fingerprint density at radius 2 is 1.42 bits per heavy atom. The molecule has 1 heterocycles. The van der Waals surface area contributed by atoms with E-state index in [-0.39, 0.29) is 19.3 Å². The summed E-state index contributed by atoms with van der Waals surface area (Å²) in [5, 5.41) is 26.8. The van der Waals surface area contributed by atoms with E-state index >= 15 is 0 Å². The lowest BCUT2D eigenvalue weighted by molar-refractivity contribution is -0.142. The van der Waals surface area contributed by atoms with Gasteiger partial charge in [-0.3, -0.25) is 14.4 Å². The number of aliphatic hydroxyl groups is 1. The number of carbonyl (C=O) groups excluding carboxylic acids is 3. The predicted molar refractivity (Wildman–Crippen MR) is 131 cm³/mol. The van der Waals surface area contributed by atoms with E-state index in [0.717, 1.165) is 0 Å². The summed E-state index contributed by atoms with van der Waals surface area (Å²) in [6, 6.07) is -4.58. The van der Waals surface area contributed by atoms with Crippen LogP contribution in [0.2, 0.25) is 0 Å². The third-order valence-electron chi connectivity index (χ3n) is 5.58. The first-order valence-electron chi connectivity index (χ1n) is 12.1. The Balaban J connectivity index is 2.98. The minimum Gasteiger partial charge on any atom is -0.480 e. The standard InChI is InChI=1S/C22H40N8O6/c1-13(31)18(25)21(34)29-16(7-3-5-9-24)19(32)28-15(6-2-4-8-23)20(33)30-17(22(35)36)10-14-11-26-12-27-14/h11-13,15-18,31H,2-10,23-25H2,1H3,(H,26,27)(H,28,32)(H,29,34)(H,30,33)(H,35,36). The topological polar surface area (TPSA) is 252 Å². The van der Waals surface area contributed by atoms with Crippen LogP contribution in [0.15, 0.2) is 12.5 Å². The van der Waals surface area contributed by atoms with Gasteiger partial charge in [-0.05, 0) is 58.5 Å². The van der Waals surface area contributed by atoms with E-state index in [9.17, 15) is 29.4 Å². The molecule has 36 heavy (non-hydrogen) atoms. The Morgan fingerprint density at radius 1 is 0.917 bits per heavy atom. The van der Waals surface area contributed by atoms with E-state index in [2.05, 4.69) is 25.9 Å². The molecule has 12 N–H and O–H groups in total. The summed E-state index contributed by atoms with van der Waals surface area (Å²) in [4.78, 5) is 56.8. The largest absolute Gasteiger partial charge is 0.480 e. The molecule has 0 aromatic carbocycles. The highest BCUT2D eigenvalue weighted by Gasteiger charge is 2.30. The number of imidazole rings is 1. The highest BCUT2D eigenvalue weighted by atomic mass is 16.4. The maximum atomic E-state index is 13.1. The average molecular weight is 513 g/mol. The van der Waals surface area contributed by atoms with Crippen LogP contribution in [0.5, 0.6) is 0 Å². The van der Waals surface area contributed by atoms with Crippen molar-refractivity contribution in [3.8, 4) is 0 Å². The third kappa shape index (κ3) is 11.1. The minimum atomic E-state index is -1.25. The van der Waals surface area contributed by atoms with Gasteiger partial charge in [0.2, 0.25) is 17.7 Å². The van der Waals surface area contributed by atoms with E-state index in [1.54, 1.807) is 0 Å². The molecule has 1 aromatic heterocycles. The van der Waals surface area contributed by atoms with Crippen LogP contribution in [0.25, 0.3) is 0 Å². The molecule has 14 nitrogen and oxygen atoms in total. The highest BCUT2D eigenvalue weighted by molar-refractivity contribution is 5.94. The molecular weight excluding hydrogens is 472 g/mol. The van der Waals surface area contributed by atoms with Gasteiger partial charge in [-0.2, -0.15) is 0 Å². The normalized spacial score (nSPS) is 15.2. The molecule has 3 amide bonds. The number of aromatic nitrogens is 2. The number of unbranched alkanes of at least 4 members (excludes halogenated alkanes) is 2. The molecule has 0 saturated carbocycles. The first kappa shape index (κ1) is 31.0. The lowest BCUT2D eigenvalue weighted by atomic mass is 10.0. The number of aromatic amines is 1. The number of carboxylic acids is 1. The van der Waals surface area contributed by atoms with Gasteiger partial charge in [0.25, 0.3) is 0 Å². The van der Waals surface area contributed by atoms with Crippen LogP contribution >= 0.6 is 0 Å². The van der Waals surface area contributed by atoms with E-state index in [1.165, 1.54) is 19.4 Å². The van der Waals surface area contributed by atoms with Gasteiger partial charge in [0, 0.05) is 18.3 Å². The van der Waals surface area contributed by atoms with Gasteiger partial charge in [0.15, 0.2) is 0 Å². The van der Waals surface area contributed by atoms with Crippen LogP contribution in [-0.4, -0.2) is 87.2 Å². The summed E-state index contributed by atoms with van der Waals surface area (Å²) in [7, 11) is 0. The lowest BCUT2D eigenvalue weighted by Gasteiger charge is -2.25. The Kier molecular flexibility index (Phi) is 14.3. The number of nitrogens with zero attached hydrogens (tertiary/aromatic N) is 1. The number of aliphatic carboxylic acids is 1. The maximum absolute atomic E-state index is 13.1. The summed E-state index contributed by atoms with van der Waals surface area (Å²) in [5.41, 5.74) is 17.3. The third-order valence-corrected chi connectivity index (χ3v) is 5.58. The second kappa shape index (κ2) is 16.6. The molecular formula is C22H40N8O6. The quantitative estimate of drug-likeness (QED) is 0.0931. The summed E-state index contributed by atoms with van der Waals surface area (Å²) >= 11 is 0. The van der Waals surface area contributed by atoms with Crippen LogP contribution in [0, 0.1) is 0 Å². The maximum Gasteiger partial charge on any atom is 0.326 e. The molecule has 0 aliphatic rings. The van der Waals surface area contributed by atoms with Gasteiger partial charge in [-0.15, -0.1) is 0 Å². The van der Waals surface area contributed by atoms with Gasteiger partial charge in [0.1, 0.15) is 24.2 Å².